The maximum Gasteiger partial charge on any atom is 0.229 e. The van der Waals surface area contributed by atoms with Crippen LogP contribution in [0.2, 0.25) is 0 Å². The number of nitrogens with one attached hydrogen (secondary N) is 3. The second-order valence-electron chi connectivity index (χ2n) is 4.00. The number of anilines is 2. The molecule has 19 heavy (non-hydrogen) atoms. The molecule has 1 heterocycles. The summed E-state index contributed by atoms with van der Waals surface area (Å²) in [5, 5.41) is 3.03. The fraction of sp³-hybridized carbons (Fsp3) is 0.182. The van der Waals surface area contributed by atoms with E-state index in [1.807, 2.05) is 0 Å². The summed E-state index contributed by atoms with van der Waals surface area (Å²) >= 11 is 0. The lowest BCUT2D eigenvalue weighted by Gasteiger charge is -2.09. The molecule has 0 fully saturated rings. The summed E-state index contributed by atoms with van der Waals surface area (Å²) in [6, 6.07) is 4.12. The van der Waals surface area contributed by atoms with Crippen LogP contribution in [-0.2, 0) is 16.6 Å². The summed E-state index contributed by atoms with van der Waals surface area (Å²) in [7, 11) is -3.51. The average Bonchev–Trinajstić information content (AvgIpc) is 2.81. The van der Waals surface area contributed by atoms with E-state index >= 15 is 0 Å². The summed E-state index contributed by atoms with van der Waals surface area (Å²) in [5.74, 6) is -0.627. The molecule has 3 N–H and O–H groups in total. The van der Waals surface area contributed by atoms with E-state index in [2.05, 4.69) is 20.0 Å². The Labute approximate surface area is 110 Å². The van der Waals surface area contributed by atoms with E-state index in [4.69, 9.17) is 0 Å². The van der Waals surface area contributed by atoms with Gasteiger partial charge in [-0.15, -0.1) is 0 Å². The minimum Gasteiger partial charge on any atom is -0.379 e. The van der Waals surface area contributed by atoms with Gasteiger partial charge in [-0.25, -0.2) is 17.8 Å². The number of halogens is 1. The highest BCUT2D eigenvalue weighted by atomic mass is 32.2. The first-order valence-electron chi connectivity index (χ1n) is 5.42. The number of hydrogen-bond donors (Lipinski definition) is 3. The van der Waals surface area contributed by atoms with Crippen LogP contribution < -0.4 is 10.0 Å². The molecule has 0 aliphatic carbocycles. The Morgan fingerprint density at radius 1 is 1.42 bits per heavy atom. The maximum absolute atomic E-state index is 13.4. The van der Waals surface area contributed by atoms with E-state index in [1.54, 1.807) is 12.5 Å². The third-order valence-corrected chi connectivity index (χ3v) is 2.89. The van der Waals surface area contributed by atoms with Gasteiger partial charge in [0.15, 0.2) is 0 Å². The number of benzene rings is 1. The average molecular weight is 284 g/mol. The van der Waals surface area contributed by atoms with E-state index in [1.165, 1.54) is 18.2 Å². The van der Waals surface area contributed by atoms with Crippen molar-refractivity contribution in [1.82, 2.24) is 9.97 Å². The van der Waals surface area contributed by atoms with Gasteiger partial charge >= 0.3 is 0 Å². The number of aromatic nitrogens is 2. The van der Waals surface area contributed by atoms with Crippen molar-refractivity contribution in [1.29, 1.82) is 0 Å². The van der Waals surface area contributed by atoms with Crippen LogP contribution in [0.5, 0.6) is 0 Å². The molecule has 6 nitrogen and oxygen atoms in total. The lowest BCUT2D eigenvalue weighted by molar-refractivity contribution is 0.604. The molecule has 0 saturated carbocycles. The highest BCUT2D eigenvalue weighted by Crippen LogP contribution is 2.20. The van der Waals surface area contributed by atoms with Gasteiger partial charge < -0.3 is 10.3 Å². The zero-order chi connectivity index (χ0) is 13.9. The topological polar surface area (TPSA) is 86.9 Å². The van der Waals surface area contributed by atoms with Gasteiger partial charge in [0.05, 0.1) is 30.5 Å². The number of rotatable bonds is 5. The molecule has 0 aliphatic rings. The fourth-order valence-electron chi connectivity index (χ4n) is 1.49. The van der Waals surface area contributed by atoms with Gasteiger partial charge in [-0.05, 0) is 18.2 Å². The molecule has 2 aromatic rings. The second-order valence-corrected chi connectivity index (χ2v) is 5.75. The molecule has 0 radical (unpaired) electrons. The summed E-state index contributed by atoms with van der Waals surface area (Å²) in [5.41, 5.74) is 1.38. The third kappa shape index (κ3) is 3.95. The highest BCUT2D eigenvalue weighted by Gasteiger charge is 2.08. The van der Waals surface area contributed by atoms with Gasteiger partial charge in [-0.1, -0.05) is 0 Å². The first-order valence-corrected chi connectivity index (χ1v) is 7.31. The Hall–Kier alpha value is -2.09. The molecule has 0 atom stereocenters. The summed E-state index contributed by atoms with van der Waals surface area (Å²) in [4.78, 5) is 6.78. The quantitative estimate of drug-likeness (QED) is 0.777. The molecule has 102 valence electrons. The first kappa shape index (κ1) is 13.3. The standard InChI is InChI=1S/C11H13FN4O2S/c1-19(17,18)16-11-4-8(2-3-10(11)12)14-6-9-5-13-7-15-9/h2-5,7,14,16H,6H2,1H3,(H,13,15). The first-order chi connectivity index (χ1) is 8.94. The van der Waals surface area contributed by atoms with Gasteiger partial charge in [0.25, 0.3) is 0 Å². The minimum atomic E-state index is -3.51. The van der Waals surface area contributed by atoms with E-state index in [-0.39, 0.29) is 5.69 Å². The van der Waals surface area contributed by atoms with Crippen LogP contribution in [0.15, 0.2) is 30.7 Å². The Morgan fingerprint density at radius 3 is 2.84 bits per heavy atom. The van der Waals surface area contributed by atoms with Gasteiger partial charge in [-0.2, -0.15) is 0 Å². The summed E-state index contributed by atoms with van der Waals surface area (Å²) in [6.07, 6.45) is 4.18. The van der Waals surface area contributed by atoms with Crippen LogP contribution in [0.25, 0.3) is 0 Å². The minimum absolute atomic E-state index is 0.0860. The molecule has 0 saturated heterocycles. The number of aromatic amines is 1. The van der Waals surface area contributed by atoms with Gasteiger partial charge in [0, 0.05) is 11.9 Å². The highest BCUT2D eigenvalue weighted by molar-refractivity contribution is 7.92. The zero-order valence-electron chi connectivity index (χ0n) is 10.1. The van der Waals surface area contributed by atoms with E-state index in [0.29, 0.717) is 12.2 Å². The molecule has 0 aliphatic heterocycles. The maximum atomic E-state index is 13.4. The smallest absolute Gasteiger partial charge is 0.229 e. The van der Waals surface area contributed by atoms with Crippen molar-refractivity contribution in [3.8, 4) is 0 Å². The largest absolute Gasteiger partial charge is 0.379 e. The lowest BCUT2D eigenvalue weighted by atomic mass is 10.2. The Morgan fingerprint density at radius 2 is 2.21 bits per heavy atom. The number of hydrogen-bond acceptors (Lipinski definition) is 4. The SMILES string of the molecule is CS(=O)(=O)Nc1cc(NCc2cnc[nH]2)ccc1F. The van der Waals surface area contributed by atoms with Gasteiger partial charge in [-0.3, -0.25) is 4.72 Å². The molecule has 1 aromatic carbocycles. The molecular formula is C11H13FN4O2S. The van der Waals surface area contributed by atoms with E-state index < -0.39 is 15.8 Å². The molecule has 2 rings (SSSR count). The molecule has 0 amide bonds. The molecule has 8 heteroatoms. The van der Waals surface area contributed by atoms with E-state index in [9.17, 15) is 12.8 Å². The van der Waals surface area contributed by atoms with E-state index in [0.717, 1.165) is 11.9 Å². The molecule has 0 bridgehead atoms. The number of sulfonamides is 1. The lowest BCUT2D eigenvalue weighted by Crippen LogP contribution is -2.11. The number of imidazole rings is 1. The normalized spacial score (nSPS) is 11.3. The molecular weight excluding hydrogens is 271 g/mol. The van der Waals surface area contributed by atoms with Crippen LogP contribution >= 0.6 is 0 Å². The van der Waals surface area contributed by atoms with Gasteiger partial charge in [0.1, 0.15) is 5.82 Å². The van der Waals surface area contributed by atoms with Crippen molar-refractivity contribution in [3.05, 3.63) is 42.2 Å². The van der Waals surface area contributed by atoms with Crippen molar-refractivity contribution in [2.45, 2.75) is 6.54 Å². The number of H-pyrrole nitrogens is 1. The Bertz CT molecular complexity index is 655. The Kier molecular flexibility index (Phi) is 3.70. The second kappa shape index (κ2) is 5.27. The van der Waals surface area contributed by atoms with Crippen LogP contribution in [0, 0.1) is 5.82 Å². The monoisotopic (exact) mass is 284 g/mol. The third-order valence-electron chi connectivity index (χ3n) is 2.30. The molecule has 1 aromatic heterocycles. The molecule has 0 spiro atoms. The predicted molar refractivity (Wildman–Crippen MR) is 70.8 cm³/mol. The van der Waals surface area contributed by atoms with Crippen LogP contribution in [0.1, 0.15) is 5.69 Å². The van der Waals surface area contributed by atoms with Crippen molar-refractivity contribution in [2.24, 2.45) is 0 Å². The summed E-state index contributed by atoms with van der Waals surface area (Å²) in [6.45, 7) is 0.476. The van der Waals surface area contributed by atoms with Crippen LogP contribution in [-0.4, -0.2) is 24.6 Å². The van der Waals surface area contributed by atoms with Crippen LogP contribution in [0.4, 0.5) is 15.8 Å². The Balaban J connectivity index is 2.12. The van der Waals surface area contributed by atoms with Crippen LogP contribution in [0.3, 0.4) is 0 Å². The van der Waals surface area contributed by atoms with Gasteiger partial charge in [0.2, 0.25) is 10.0 Å². The fourth-order valence-corrected chi connectivity index (χ4v) is 2.05. The van der Waals surface area contributed by atoms with Crippen molar-refractivity contribution >= 4 is 21.4 Å². The molecule has 0 unspecified atom stereocenters. The van der Waals surface area contributed by atoms with Crippen molar-refractivity contribution in [3.63, 3.8) is 0 Å². The number of nitrogens with zero attached hydrogens (tertiary/aromatic N) is 1. The zero-order valence-corrected chi connectivity index (χ0v) is 11.0. The van der Waals surface area contributed by atoms with Crippen molar-refractivity contribution in [2.75, 3.05) is 16.3 Å². The predicted octanol–water partition coefficient (Wildman–Crippen LogP) is 1.53. The summed E-state index contributed by atoms with van der Waals surface area (Å²) < 4.78 is 37.8. The van der Waals surface area contributed by atoms with Crippen molar-refractivity contribution < 1.29 is 12.8 Å².